The van der Waals surface area contributed by atoms with Crippen LogP contribution in [0.25, 0.3) is 0 Å². The highest BCUT2D eigenvalue weighted by molar-refractivity contribution is 5.85. The Kier molecular flexibility index (Phi) is 6.45. The Morgan fingerprint density at radius 2 is 2.00 bits per heavy atom. The summed E-state index contributed by atoms with van der Waals surface area (Å²) in [5, 5.41) is 3.39. The highest BCUT2D eigenvalue weighted by Crippen LogP contribution is 2.23. The van der Waals surface area contributed by atoms with Crippen molar-refractivity contribution in [3.63, 3.8) is 0 Å². The Labute approximate surface area is 145 Å². The molecule has 4 nitrogen and oxygen atoms in total. The van der Waals surface area contributed by atoms with Crippen LogP contribution in [-0.2, 0) is 4.79 Å². The van der Waals surface area contributed by atoms with Gasteiger partial charge in [0.05, 0.1) is 5.92 Å². The van der Waals surface area contributed by atoms with Gasteiger partial charge in [-0.25, -0.2) is 0 Å². The molecule has 1 N–H and O–H groups in total. The molecular weight excluding hydrogens is 310 g/mol. The molecule has 1 aromatic carbocycles. The van der Waals surface area contributed by atoms with Crippen LogP contribution in [-0.4, -0.2) is 61.0 Å². The highest BCUT2D eigenvalue weighted by atomic mass is 35.5. The van der Waals surface area contributed by atoms with Gasteiger partial charge in [-0.05, 0) is 25.8 Å². The van der Waals surface area contributed by atoms with Crippen molar-refractivity contribution in [1.82, 2.24) is 15.1 Å². The molecule has 2 aliphatic heterocycles. The first-order chi connectivity index (χ1) is 10.6. The average molecular weight is 338 g/mol. The third-order valence-electron chi connectivity index (χ3n) is 5.06. The summed E-state index contributed by atoms with van der Waals surface area (Å²) in [6.07, 6.45) is 1.12. The maximum absolute atomic E-state index is 12.8. The van der Waals surface area contributed by atoms with Crippen LogP contribution in [0.4, 0.5) is 0 Å². The molecule has 0 aromatic heterocycles. The molecule has 0 spiro atoms. The number of hydrogen-bond donors (Lipinski definition) is 1. The Balaban J connectivity index is 0.00000192. The third kappa shape index (κ3) is 4.25. The van der Waals surface area contributed by atoms with Crippen molar-refractivity contribution in [3.8, 4) is 0 Å². The molecule has 2 saturated heterocycles. The summed E-state index contributed by atoms with van der Waals surface area (Å²) in [6, 6.07) is 8.88. The number of rotatable bonds is 3. The number of halogens is 1. The quantitative estimate of drug-likeness (QED) is 0.916. The maximum atomic E-state index is 12.8. The molecule has 2 unspecified atom stereocenters. The molecular formula is C18H28ClN3O. The molecule has 0 aliphatic carbocycles. The number of piperazine rings is 1. The predicted molar refractivity (Wildman–Crippen MR) is 96.3 cm³/mol. The second-order valence-electron chi connectivity index (χ2n) is 6.65. The van der Waals surface area contributed by atoms with E-state index in [0.29, 0.717) is 6.04 Å². The summed E-state index contributed by atoms with van der Waals surface area (Å²) >= 11 is 0. The second-order valence-corrected chi connectivity index (χ2v) is 6.65. The first-order valence-corrected chi connectivity index (χ1v) is 8.45. The number of likely N-dealkylation sites (tertiary alicyclic amines) is 1. The van der Waals surface area contributed by atoms with Crippen LogP contribution < -0.4 is 5.32 Å². The lowest BCUT2D eigenvalue weighted by Gasteiger charge is -2.32. The number of hydrogen-bond acceptors (Lipinski definition) is 3. The number of carbonyl (C=O) groups is 1. The van der Waals surface area contributed by atoms with Gasteiger partial charge in [0, 0.05) is 45.3 Å². The van der Waals surface area contributed by atoms with Crippen LogP contribution in [0.1, 0.15) is 30.4 Å². The molecule has 0 saturated carbocycles. The van der Waals surface area contributed by atoms with Gasteiger partial charge < -0.3 is 10.2 Å². The van der Waals surface area contributed by atoms with E-state index in [1.807, 2.05) is 13.0 Å². The van der Waals surface area contributed by atoms with E-state index in [2.05, 4.69) is 40.2 Å². The largest absolute Gasteiger partial charge is 0.341 e. The predicted octanol–water partition coefficient (Wildman–Crippen LogP) is 2.03. The van der Waals surface area contributed by atoms with Crippen molar-refractivity contribution in [3.05, 3.63) is 35.4 Å². The first-order valence-electron chi connectivity index (χ1n) is 8.45. The van der Waals surface area contributed by atoms with Gasteiger partial charge in [-0.2, -0.15) is 0 Å². The zero-order chi connectivity index (χ0) is 15.5. The Hall–Kier alpha value is -1.10. The van der Waals surface area contributed by atoms with E-state index >= 15 is 0 Å². The smallest absolute Gasteiger partial charge is 0.229 e. The molecule has 2 fully saturated rings. The maximum Gasteiger partial charge on any atom is 0.229 e. The summed E-state index contributed by atoms with van der Waals surface area (Å²) in [5.74, 6) is 0.241. The molecule has 128 valence electrons. The summed E-state index contributed by atoms with van der Waals surface area (Å²) in [5.41, 5.74) is 2.35. The summed E-state index contributed by atoms with van der Waals surface area (Å²) in [6.45, 7) is 10.3. The second kappa shape index (κ2) is 8.13. The van der Waals surface area contributed by atoms with Crippen LogP contribution >= 0.6 is 12.4 Å². The molecule has 0 radical (unpaired) electrons. The molecule has 1 amide bonds. The van der Waals surface area contributed by atoms with E-state index in [1.165, 1.54) is 5.56 Å². The number of amides is 1. The van der Waals surface area contributed by atoms with E-state index in [9.17, 15) is 4.79 Å². The molecule has 0 bridgehead atoms. The van der Waals surface area contributed by atoms with Gasteiger partial charge in [-0.3, -0.25) is 9.69 Å². The van der Waals surface area contributed by atoms with Crippen molar-refractivity contribution in [2.24, 2.45) is 0 Å². The van der Waals surface area contributed by atoms with Gasteiger partial charge in [0.1, 0.15) is 0 Å². The minimum absolute atomic E-state index is 0. The van der Waals surface area contributed by atoms with Crippen molar-refractivity contribution < 1.29 is 4.79 Å². The van der Waals surface area contributed by atoms with E-state index in [-0.39, 0.29) is 24.2 Å². The van der Waals surface area contributed by atoms with Gasteiger partial charge in [-0.1, -0.05) is 29.8 Å². The van der Waals surface area contributed by atoms with Crippen LogP contribution in [0.2, 0.25) is 0 Å². The number of nitrogens with one attached hydrogen (secondary N) is 1. The highest BCUT2D eigenvalue weighted by Gasteiger charge is 2.32. The summed E-state index contributed by atoms with van der Waals surface area (Å²) in [4.78, 5) is 17.4. The van der Waals surface area contributed by atoms with Crippen molar-refractivity contribution in [2.75, 3.05) is 39.3 Å². The fourth-order valence-corrected chi connectivity index (χ4v) is 3.64. The van der Waals surface area contributed by atoms with Gasteiger partial charge in [0.15, 0.2) is 0 Å². The van der Waals surface area contributed by atoms with Crippen LogP contribution in [0.5, 0.6) is 0 Å². The lowest BCUT2D eigenvalue weighted by molar-refractivity contribution is -0.131. The topological polar surface area (TPSA) is 35.6 Å². The molecule has 5 heteroatoms. The monoisotopic (exact) mass is 337 g/mol. The van der Waals surface area contributed by atoms with E-state index in [4.69, 9.17) is 0 Å². The van der Waals surface area contributed by atoms with E-state index in [1.54, 1.807) is 0 Å². The van der Waals surface area contributed by atoms with E-state index in [0.717, 1.165) is 51.3 Å². The summed E-state index contributed by atoms with van der Waals surface area (Å²) in [7, 11) is 0. The van der Waals surface area contributed by atoms with E-state index < -0.39 is 0 Å². The van der Waals surface area contributed by atoms with Crippen LogP contribution in [0.15, 0.2) is 24.3 Å². The standard InChI is InChI=1S/C18H27N3O.ClH/c1-14-4-3-5-16(12-14)15(2)18(22)21-9-6-17(13-21)20-10-7-19-8-11-20;/h3-5,12,15,17,19H,6-11,13H2,1-2H3;1H. The molecule has 2 atom stereocenters. The normalized spacial score (nSPS) is 23.4. The van der Waals surface area contributed by atoms with Crippen molar-refractivity contribution in [1.29, 1.82) is 0 Å². The SMILES string of the molecule is Cc1cccc(C(C)C(=O)N2CCC(N3CCNCC3)C2)c1.Cl. The minimum Gasteiger partial charge on any atom is -0.341 e. The van der Waals surface area contributed by atoms with Crippen LogP contribution in [0, 0.1) is 6.92 Å². The Morgan fingerprint density at radius 1 is 1.26 bits per heavy atom. The lowest BCUT2D eigenvalue weighted by atomic mass is 9.98. The van der Waals surface area contributed by atoms with Crippen molar-refractivity contribution >= 4 is 18.3 Å². The zero-order valence-corrected chi connectivity index (χ0v) is 14.9. The number of nitrogens with zero attached hydrogens (tertiary/aromatic N) is 2. The number of benzene rings is 1. The van der Waals surface area contributed by atoms with Crippen molar-refractivity contribution in [2.45, 2.75) is 32.2 Å². The molecule has 2 heterocycles. The molecule has 1 aromatic rings. The van der Waals surface area contributed by atoms with Gasteiger partial charge >= 0.3 is 0 Å². The zero-order valence-electron chi connectivity index (χ0n) is 14.1. The average Bonchev–Trinajstić information content (AvgIpc) is 3.04. The summed E-state index contributed by atoms with van der Waals surface area (Å²) < 4.78 is 0. The molecule has 3 rings (SSSR count). The lowest BCUT2D eigenvalue weighted by Crippen LogP contribution is -2.49. The van der Waals surface area contributed by atoms with Gasteiger partial charge in [-0.15, -0.1) is 12.4 Å². The Bertz CT molecular complexity index is 531. The minimum atomic E-state index is -0.0401. The Morgan fingerprint density at radius 3 is 2.70 bits per heavy atom. The fraction of sp³-hybridized carbons (Fsp3) is 0.611. The fourth-order valence-electron chi connectivity index (χ4n) is 3.64. The van der Waals surface area contributed by atoms with Gasteiger partial charge in [0.2, 0.25) is 5.91 Å². The number of aryl methyl sites for hydroxylation is 1. The van der Waals surface area contributed by atoms with Crippen LogP contribution in [0.3, 0.4) is 0 Å². The first kappa shape index (κ1) is 18.2. The van der Waals surface area contributed by atoms with Gasteiger partial charge in [0.25, 0.3) is 0 Å². The molecule has 2 aliphatic rings. The third-order valence-corrected chi connectivity index (χ3v) is 5.06. The molecule has 23 heavy (non-hydrogen) atoms. The number of carbonyl (C=O) groups excluding carboxylic acids is 1.